The van der Waals surface area contributed by atoms with Gasteiger partial charge in [-0.3, -0.25) is 4.98 Å². The number of rotatable bonds is 8. The highest BCUT2D eigenvalue weighted by Gasteiger charge is 2.06. The predicted octanol–water partition coefficient (Wildman–Crippen LogP) is 1.80. The predicted molar refractivity (Wildman–Crippen MR) is 69.0 cm³/mol. The third-order valence-corrected chi connectivity index (χ3v) is 2.69. The number of aromatic nitrogens is 1. The van der Waals surface area contributed by atoms with Crippen molar-refractivity contribution in [2.45, 2.75) is 18.9 Å². The minimum absolute atomic E-state index is 0.395. The lowest BCUT2D eigenvalue weighted by Gasteiger charge is -2.10. The third kappa shape index (κ3) is 6.73. The van der Waals surface area contributed by atoms with E-state index in [0.717, 1.165) is 10.0 Å². The third-order valence-electron chi connectivity index (χ3n) is 2.26. The number of methoxy groups -OCH3 is 1. The molecule has 0 bridgehead atoms. The van der Waals surface area contributed by atoms with Crippen molar-refractivity contribution in [1.82, 2.24) is 4.98 Å². The van der Waals surface area contributed by atoms with E-state index in [4.69, 9.17) is 9.47 Å². The molecule has 0 aromatic carbocycles. The van der Waals surface area contributed by atoms with Crippen molar-refractivity contribution in [2.75, 3.05) is 26.9 Å². The van der Waals surface area contributed by atoms with Crippen LogP contribution >= 0.6 is 15.9 Å². The molecule has 1 unspecified atom stereocenters. The van der Waals surface area contributed by atoms with Crippen molar-refractivity contribution < 1.29 is 14.6 Å². The molecule has 1 aromatic heterocycles. The van der Waals surface area contributed by atoms with Crippen LogP contribution in [0.1, 0.15) is 12.0 Å². The fourth-order valence-electron chi connectivity index (χ4n) is 1.41. The molecule has 5 heteroatoms. The van der Waals surface area contributed by atoms with Gasteiger partial charge in [0.25, 0.3) is 0 Å². The van der Waals surface area contributed by atoms with E-state index >= 15 is 0 Å². The highest BCUT2D eigenvalue weighted by molar-refractivity contribution is 9.10. The van der Waals surface area contributed by atoms with E-state index in [1.165, 1.54) is 0 Å². The normalized spacial score (nSPS) is 12.6. The average Bonchev–Trinajstić information content (AvgIpc) is 2.29. The maximum absolute atomic E-state index is 9.80. The fourth-order valence-corrected chi connectivity index (χ4v) is 1.82. The van der Waals surface area contributed by atoms with E-state index in [1.54, 1.807) is 19.5 Å². The van der Waals surface area contributed by atoms with Crippen LogP contribution in [-0.4, -0.2) is 43.1 Å². The van der Waals surface area contributed by atoms with Crippen LogP contribution in [0.15, 0.2) is 22.9 Å². The molecule has 0 aliphatic heterocycles. The first-order chi connectivity index (χ1) is 8.22. The summed E-state index contributed by atoms with van der Waals surface area (Å²) < 4.78 is 11.1. The molecular formula is C12H18BrNO3. The number of ether oxygens (including phenoxy) is 2. The molecule has 0 spiro atoms. The van der Waals surface area contributed by atoms with Crippen molar-refractivity contribution in [3.8, 4) is 0 Å². The molecule has 0 amide bonds. The summed E-state index contributed by atoms with van der Waals surface area (Å²) in [6.45, 7) is 1.71. The standard InChI is InChI=1S/C12H18BrNO3/c1-16-4-5-17-3-2-12(15)7-10-6-11(13)9-14-8-10/h6,8-9,12,15H,2-5,7H2,1H3. The Morgan fingerprint density at radius 1 is 1.35 bits per heavy atom. The molecule has 4 nitrogen and oxygen atoms in total. The molecule has 96 valence electrons. The Morgan fingerprint density at radius 2 is 2.18 bits per heavy atom. The first kappa shape index (κ1) is 14.6. The molecule has 0 saturated heterocycles. The molecule has 1 heterocycles. The first-order valence-electron chi connectivity index (χ1n) is 5.56. The van der Waals surface area contributed by atoms with Gasteiger partial charge in [0, 0.05) is 30.6 Å². The summed E-state index contributed by atoms with van der Waals surface area (Å²) in [5, 5.41) is 9.80. The number of nitrogens with zero attached hydrogens (tertiary/aromatic N) is 1. The van der Waals surface area contributed by atoms with Crippen LogP contribution in [-0.2, 0) is 15.9 Å². The Balaban J connectivity index is 2.18. The van der Waals surface area contributed by atoms with E-state index < -0.39 is 6.10 Å². The molecule has 1 aromatic rings. The molecule has 0 saturated carbocycles. The second-order valence-corrected chi connectivity index (χ2v) is 4.68. The van der Waals surface area contributed by atoms with Crippen LogP contribution in [0.25, 0.3) is 0 Å². The molecule has 1 atom stereocenters. The number of pyridine rings is 1. The smallest absolute Gasteiger partial charge is 0.0700 e. The highest BCUT2D eigenvalue weighted by atomic mass is 79.9. The Bertz CT molecular complexity index is 322. The SMILES string of the molecule is COCCOCCC(O)Cc1cncc(Br)c1. The summed E-state index contributed by atoms with van der Waals surface area (Å²) in [5.74, 6) is 0. The average molecular weight is 304 g/mol. The first-order valence-corrected chi connectivity index (χ1v) is 6.36. The molecule has 0 aliphatic carbocycles. The van der Waals surface area contributed by atoms with Gasteiger partial charge in [0.1, 0.15) is 0 Å². The minimum Gasteiger partial charge on any atom is -0.393 e. The monoisotopic (exact) mass is 303 g/mol. The van der Waals surface area contributed by atoms with Crippen LogP contribution in [0, 0.1) is 0 Å². The number of hydrogen-bond donors (Lipinski definition) is 1. The van der Waals surface area contributed by atoms with Crippen LogP contribution in [0.4, 0.5) is 0 Å². The van der Waals surface area contributed by atoms with Crippen LogP contribution in [0.2, 0.25) is 0 Å². The summed E-state index contributed by atoms with van der Waals surface area (Å²) in [5.41, 5.74) is 1.02. The second kappa shape index (κ2) is 8.58. The zero-order valence-electron chi connectivity index (χ0n) is 9.93. The summed E-state index contributed by atoms with van der Waals surface area (Å²) >= 11 is 3.35. The zero-order chi connectivity index (χ0) is 12.5. The lowest BCUT2D eigenvalue weighted by atomic mass is 10.1. The molecule has 1 N–H and O–H groups in total. The summed E-state index contributed by atoms with van der Waals surface area (Å²) in [6, 6.07) is 1.96. The van der Waals surface area contributed by atoms with Gasteiger partial charge >= 0.3 is 0 Å². The van der Waals surface area contributed by atoms with Crippen molar-refractivity contribution >= 4 is 15.9 Å². The van der Waals surface area contributed by atoms with E-state index in [2.05, 4.69) is 20.9 Å². The zero-order valence-corrected chi connectivity index (χ0v) is 11.5. The lowest BCUT2D eigenvalue weighted by molar-refractivity contribution is 0.0479. The Morgan fingerprint density at radius 3 is 2.88 bits per heavy atom. The Hall–Kier alpha value is -0.490. The van der Waals surface area contributed by atoms with Gasteiger partial charge < -0.3 is 14.6 Å². The molecule has 1 rings (SSSR count). The van der Waals surface area contributed by atoms with E-state index in [9.17, 15) is 5.11 Å². The van der Waals surface area contributed by atoms with Gasteiger partial charge in [0.05, 0.1) is 19.3 Å². The van der Waals surface area contributed by atoms with Crippen LogP contribution in [0.5, 0.6) is 0 Å². The maximum Gasteiger partial charge on any atom is 0.0700 e. The minimum atomic E-state index is -0.395. The van der Waals surface area contributed by atoms with Gasteiger partial charge in [-0.05, 0) is 40.4 Å². The van der Waals surface area contributed by atoms with E-state index in [0.29, 0.717) is 32.7 Å². The lowest BCUT2D eigenvalue weighted by Crippen LogP contribution is -2.15. The Labute approximate surface area is 110 Å². The quantitative estimate of drug-likeness (QED) is 0.744. The second-order valence-electron chi connectivity index (χ2n) is 3.76. The fraction of sp³-hybridized carbons (Fsp3) is 0.583. The molecule has 0 radical (unpaired) electrons. The van der Waals surface area contributed by atoms with Crippen molar-refractivity contribution in [3.05, 3.63) is 28.5 Å². The van der Waals surface area contributed by atoms with Gasteiger partial charge in [-0.2, -0.15) is 0 Å². The molecule has 17 heavy (non-hydrogen) atoms. The van der Waals surface area contributed by atoms with Gasteiger partial charge in [0.2, 0.25) is 0 Å². The van der Waals surface area contributed by atoms with E-state index in [-0.39, 0.29) is 0 Å². The molecule has 0 fully saturated rings. The van der Waals surface area contributed by atoms with Gasteiger partial charge in [-0.15, -0.1) is 0 Å². The van der Waals surface area contributed by atoms with Crippen molar-refractivity contribution in [2.24, 2.45) is 0 Å². The van der Waals surface area contributed by atoms with Crippen LogP contribution < -0.4 is 0 Å². The summed E-state index contributed by atoms with van der Waals surface area (Å²) in [7, 11) is 1.64. The van der Waals surface area contributed by atoms with E-state index in [1.807, 2.05) is 6.07 Å². The van der Waals surface area contributed by atoms with Crippen LogP contribution in [0.3, 0.4) is 0 Å². The van der Waals surface area contributed by atoms with Gasteiger partial charge in [-0.1, -0.05) is 0 Å². The molecular weight excluding hydrogens is 286 g/mol. The largest absolute Gasteiger partial charge is 0.393 e. The van der Waals surface area contributed by atoms with Gasteiger partial charge in [-0.25, -0.2) is 0 Å². The number of halogens is 1. The van der Waals surface area contributed by atoms with Crippen molar-refractivity contribution in [1.29, 1.82) is 0 Å². The topological polar surface area (TPSA) is 51.6 Å². The number of aliphatic hydroxyl groups excluding tert-OH is 1. The summed E-state index contributed by atoms with van der Waals surface area (Å²) in [4.78, 5) is 4.05. The van der Waals surface area contributed by atoms with Gasteiger partial charge in [0.15, 0.2) is 0 Å². The molecule has 0 aliphatic rings. The number of aliphatic hydroxyl groups is 1. The number of hydrogen-bond acceptors (Lipinski definition) is 4. The Kier molecular flexibility index (Phi) is 7.35. The highest BCUT2D eigenvalue weighted by Crippen LogP contribution is 2.12. The maximum atomic E-state index is 9.80. The van der Waals surface area contributed by atoms with Crippen molar-refractivity contribution in [3.63, 3.8) is 0 Å². The summed E-state index contributed by atoms with van der Waals surface area (Å²) in [6.07, 6.45) is 4.31.